The Morgan fingerprint density at radius 2 is 1.70 bits per heavy atom. The number of para-hydroxylation sites is 1. The predicted octanol–water partition coefficient (Wildman–Crippen LogP) is 3.07. The van der Waals surface area contributed by atoms with Crippen LogP contribution >= 0.6 is 0 Å². The minimum absolute atomic E-state index is 0.0742. The molecule has 0 amide bonds. The van der Waals surface area contributed by atoms with Crippen molar-refractivity contribution in [3.05, 3.63) is 59.6 Å². The van der Waals surface area contributed by atoms with E-state index < -0.39 is 5.97 Å². The lowest BCUT2D eigenvalue weighted by Gasteiger charge is -2.56. The summed E-state index contributed by atoms with van der Waals surface area (Å²) in [5.74, 6) is 0.923. The molecule has 43 heavy (non-hydrogen) atoms. The minimum Gasteiger partial charge on any atom is -0.507 e. The Kier molecular flexibility index (Phi) is 8.09. The van der Waals surface area contributed by atoms with Crippen molar-refractivity contribution in [2.45, 2.75) is 50.5 Å². The van der Waals surface area contributed by atoms with E-state index in [9.17, 15) is 15.0 Å². The number of hydrogen-bond donors (Lipinski definition) is 4. The highest BCUT2D eigenvalue weighted by Crippen LogP contribution is 2.63. The maximum Gasteiger partial charge on any atom is 0.306 e. The summed E-state index contributed by atoms with van der Waals surface area (Å²) >= 11 is 0. The smallest absolute Gasteiger partial charge is 0.306 e. The summed E-state index contributed by atoms with van der Waals surface area (Å²) < 4.78 is 0. The van der Waals surface area contributed by atoms with Crippen molar-refractivity contribution in [3.63, 3.8) is 0 Å². The van der Waals surface area contributed by atoms with Gasteiger partial charge in [-0.05, 0) is 73.6 Å². The highest BCUT2D eigenvalue weighted by molar-refractivity contribution is 6.12. The van der Waals surface area contributed by atoms with E-state index >= 15 is 0 Å². The molecular weight excluding hydrogens is 544 g/mol. The van der Waals surface area contributed by atoms with Crippen LogP contribution in [0.4, 0.5) is 5.95 Å². The molecule has 11 nitrogen and oxygen atoms in total. The van der Waals surface area contributed by atoms with Crippen LogP contribution in [0.5, 0.6) is 5.75 Å². The van der Waals surface area contributed by atoms with Gasteiger partial charge in [0.15, 0.2) is 0 Å². The number of allylic oxidation sites excluding steroid dienone is 1. The van der Waals surface area contributed by atoms with Crippen LogP contribution in [-0.4, -0.2) is 99.9 Å². The van der Waals surface area contributed by atoms with Gasteiger partial charge in [0.1, 0.15) is 11.6 Å². The largest absolute Gasteiger partial charge is 0.507 e. The van der Waals surface area contributed by atoms with Gasteiger partial charge in [-0.1, -0.05) is 12.1 Å². The lowest BCUT2D eigenvalue weighted by atomic mass is 9.47. The minimum atomic E-state index is -0.648. The molecular formula is C32H42N8O3. The number of piperazine rings is 1. The summed E-state index contributed by atoms with van der Waals surface area (Å²) in [7, 11) is 1.66. The average molecular weight is 587 g/mol. The molecule has 1 spiro atoms. The third-order valence-corrected chi connectivity index (χ3v) is 10.1. The second kappa shape index (κ2) is 11.9. The normalized spacial score (nSPS) is 27.1. The van der Waals surface area contributed by atoms with Gasteiger partial charge in [-0.3, -0.25) is 14.7 Å². The summed E-state index contributed by atoms with van der Waals surface area (Å²) in [5.41, 5.74) is 9.09. The van der Waals surface area contributed by atoms with E-state index in [2.05, 4.69) is 19.7 Å². The van der Waals surface area contributed by atoms with Crippen LogP contribution in [0.3, 0.4) is 0 Å². The zero-order chi connectivity index (χ0) is 30.1. The number of phenolic OH excluding ortho intramolecular Hbond substituents is 1. The standard InChI is InChI=1S/C32H42N8O3/c1-35-29(34)27(14-26(33)25-4-2-3-5-28(25)41)39-12-10-38(11-13-39)24-6-8-40(9-7-24)31-36-19-23(20-37-31)21-15-32(16-21)17-22(18-32)30(42)43/h2-5,14,19-22,24,33,41H,6-13,15-18H2,1H3,(H2,34,35)(H,42,43)/b27-14+,33-26?. The van der Waals surface area contributed by atoms with Crippen LogP contribution in [-0.2, 0) is 4.79 Å². The molecule has 0 radical (unpaired) electrons. The highest BCUT2D eigenvalue weighted by Gasteiger charge is 2.55. The number of hydrogen-bond acceptors (Lipinski definition) is 9. The lowest BCUT2D eigenvalue weighted by molar-refractivity contribution is -0.155. The molecule has 0 atom stereocenters. The van der Waals surface area contributed by atoms with Gasteiger partial charge in [0.25, 0.3) is 0 Å². The number of amidine groups is 1. The Balaban J connectivity index is 0.984. The molecule has 3 heterocycles. The molecule has 5 N–H and O–H groups in total. The van der Waals surface area contributed by atoms with Crippen LogP contribution in [0.25, 0.3) is 0 Å². The number of carboxylic acids is 1. The molecule has 2 saturated heterocycles. The van der Waals surface area contributed by atoms with Crippen molar-refractivity contribution in [1.82, 2.24) is 19.8 Å². The van der Waals surface area contributed by atoms with Gasteiger partial charge in [-0.15, -0.1) is 0 Å². The number of anilines is 1. The fourth-order valence-electron chi connectivity index (χ4n) is 7.54. The summed E-state index contributed by atoms with van der Waals surface area (Å²) in [4.78, 5) is 31.8. The first kappa shape index (κ1) is 29.1. The molecule has 6 rings (SSSR count). The first-order valence-corrected chi connectivity index (χ1v) is 15.4. The van der Waals surface area contributed by atoms with Crippen molar-refractivity contribution in [2.75, 3.05) is 51.2 Å². The summed E-state index contributed by atoms with van der Waals surface area (Å²) in [6.07, 6.45) is 11.6. The SMILES string of the molecule is CN=C(N)/C(=C\C(=N)c1ccccc1O)N1CCN(C2CCN(c3ncc(C4CC5(CC(C(=O)O)C5)C4)cn3)CC2)CC1. The fourth-order valence-corrected chi connectivity index (χ4v) is 7.54. The first-order chi connectivity index (χ1) is 20.7. The third kappa shape index (κ3) is 5.95. The van der Waals surface area contributed by atoms with Crippen LogP contribution in [0.2, 0.25) is 0 Å². The predicted molar refractivity (Wildman–Crippen MR) is 166 cm³/mol. The van der Waals surface area contributed by atoms with E-state index in [0.717, 1.165) is 89.4 Å². The number of carbonyl (C=O) groups is 1. The molecule has 4 fully saturated rings. The third-order valence-electron chi connectivity index (χ3n) is 10.1. The van der Waals surface area contributed by atoms with Crippen LogP contribution in [0.15, 0.2) is 53.4 Å². The van der Waals surface area contributed by atoms with Gasteiger partial charge in [0, 0.05) is 70.3 Å². The van der Waals surface area contributed by atoms with Crippen molar-refractivity contribution < 1.29 is 15.0 Å². The molecule has 11 heteroatoms. The number of nitrogens with one attached hydrogen (secondary N) is 1. The number of piperidine rings is 1. The van der Waals surface area contributed by atoms with Crippen LogP contribution < -0.4 is 10.6 Å². The Hall–Kier alpha value is -3.99. The number of benzene rings is 1. The Morgan fingerprint density at radius 1 is 1.05 bits per heavy atom. The van der Waals surface area contributed by atoms with Crippen molar-refractivity contribution in [1.29, 1.82) is 5.41 Å². The Morgan fingerprint density at radius 3 is 2.30 bits per heavy atom. The Labute approximate surface area is 252 Å². The molecule has 1 aromatic carbocycles. The molecule has 2 aromatic rings. The number of nitrogens with zero attached hydrogens (tertiary/aromatic N) is 6. The molecule has 228 valence electrons. The van der Waals surface area contributed by atoms with Crippen molar-refractivity contribution in [3.8, 4) is 5.75 Å². The number of nitrogens with two attached hydrogens (primary N) is 1. The van der Waals surface area contributed by atoms with Crippen molar-refractivity contribution >= 4 is 23.5 Å². The average Bonchev–Trinajstić information content (AvgIpc) is 2.98. The van der Waals surface area contributed by atoms with E-state index in [1.807, 2.05) is 12.4 Å². The molecule has 0 unspecified atom stereocenters. The molecule has 2 saturated carbocycles. The van der Waals surface area contributed by atoms with E-state index in [0.29, 0.717) is 23.4 Å². The molecule has 2 aliphatic carbocycles. The number of aromatic nitrogens is 2. The fraction of sp³-hybridized carbons (Fsp3) is 0.531. The second-order valence-electron chi connectivity index (χ2n) is 12.7. The van der Waals surface area contributed by atoms with E-state index in [1.54, 1.807) is 37.4 Å². The molecule has 2 aliphatic heterocycles. The zero-order valence-corrected chi connectivity index (χ0v) is 24.8. The monoisotopic (exact) mass is 586 g/mol. The van der Waals surface area contributed by atoms with E-state index in [1.165, 1.54) is 5.56 Å². The van der Waals surface area contributed by atoms with E-state index in [-0.39, 0.29) is 22.8 Å². The van der Waals surface area contributed by atoms with Gasteiger partial charge < -0.3 is 31.2 Å². The number of aliphatic imine (C=N–C) groups is 1. The number of aliphatic carboxylic acids is 1. The topological polar surface area (TPSA) is 155 Å². The maximum atomic E-state index is 11.2. The lowest BCUT2D eigenvalue weighted by Crippen LogP contribution is -2.54. The second-order valence-corrected chi connectivity index (χ2v) is 12.7. The molecule has 4 aliphatic rings. The quantitative estimate of drug-likeness (QED) is 0.270. The molecule has 1 aromatic heterocycles. The van der Waals surface area contributed by atoms with Gasteiger partial charge in [-0.2, -0.15) is 0 Å². The van der Waals surface area contributed by atoms with Gasteiger partial charge in [-0.25, -0.2) is 9.97 Å². The maximum absolute atomic E-state index is 11.2. The van der Waals surface area contributed by atoms with Gasteiger partial charge >= 0.3 is 5.97 Å². The van der Waals surface area contributed by atoms with E-state index in [4.69, 9.17) is 21.1 Å². The van der Waals surface area contributed by atoms with Crippen LogP contribution in [0, 0.1) is 16.7 Å². The first-order valence-electron chi connectivity index (χ1n) is 15.4. The van der Waals surface area contributed by atoms with Gasteiger partial charge in [0.2, 0.25) is 5.95 Å². The Bertz CT molecular complexity index is 1390. The summed E-state index contributed by atoms with van der Waals surface area (Å²) in [6, 6.07) is 7.36. The number of carboxylic acid groups (broad SMARTS) is 1. The van der Waals surface area contributed by atoms with Crippen LogP contribution in [0.1, 0.15) is 55.6 Å². The van der Waals surface area contributed by atoms with Gasteiger partial charge in [0.05, 0.1) is 17.3 Å². The highest BCUT2D eigenvalue weighted by atomic mass is 16.4. The molecule has 0 bridgehead atoms. The number of phenols is 1. The zero-order valence-electron chi connectivity index (χ0n) is 24.8. The van der Waals surface area contributed by atoms with Crippen molar-refractivity contribution in [2.24, 2.45) is 22.1 Å². The number of rotatable bonds is 8. The summed E-state index contributed by atoms with van der Waals surface area (Å²) in [5, 5.41) is 27.9. The summed E-state index contributed by atoms with van der Waals surface area (Å²) in [6.45, 7) is 5.24. The number of aromatic hydroxyl groups is 1.